The number of carbonyl (C=O) groups excluding carboxylic acids is 2. The first-order valence-corrected chi connectivity index (χ1v) is 12.4. The summed E-state index contributed by atoms with van der Waals surface area (Å²) >= 11 is 10.2. The minimum Gasteiger partial charge on any atom is -0.483 e. The van der Waals surface area contributed by atoms with Crippen molar-refractivity contribution in [3.8, 4) is 5.75 Å². The summed E-state index contributed by atoms with van der Waals surface area (Å²) < 4.78 is 26.3. The highest BCUT2D eigenvalue weighted by Crippen LogP contribution is 2.31. The lowest BCUT2D eigenvalue weighted by Gasteiger charge is -2.09. The van der Waals surface area contributed by atoms with Gasteiger partial charge >= 0.3 is 5.91 Å². The van der Waals surface area contributed by atoms with Crippen LogP contribution >= 0.6 is 47.8 Å². The van der Waals surface area contributed by atoms with E-state index in [1.54, 1.807) is 24.3 Å². The van der Waals surface area contributed by atoms with Crippen molar-refractivity contribution in [2.75, 3.05) is 11.9 Å². The van der Waals surface area contributed by atoms with Gasteiger partial charge in [-0.3, -0.25) is 9.59 Å². The highest BCUT2D eigenvalue weighted by atomic mass is 79.9. The number of anilines is 1. The summed E-state index contributed by atoms with van der Waals surface area (Å²) in [5.74, 6) is -0.699. The molecule has 0 bridgehead atoms. The average molecular weight is 668 g/mol. The molecular weight excluding hydrogens is 653 g/mol. The minimum absolute atomic E-state index is 0.125. The number of rotatable bonds is 7. The van der Waals surface area contributed by atoms with Crippen LogP contribution in [0.15, 0.2) is 83.6 Å². The van der Waals surface area contributed by atoms with Crippen molar-refractivity contribution in [1.29, 1.82) is 0 Å². The maximum atomic E-state index is 13.0. The Bertz CT molecular complexity index is 1440. The molecule has 0 aliphatic carbocycles. The molecule has 0 saturated carbocycles. The SMILES string of the molecule is O=C(COc1ccc(/C=N\NC(=O)c2cc3cc(Br)cc(Br)c3o2)cc1Br)Nc1ccc(F)cc1. The molecule has 35 heavy (non-hydrogen) atoms. The fourth-order valence-corrected chi connectivity index (χ4v) is 4.85. The van der Waals surface area contributed by atoms with Crippen LogP contribution in [0, 0.1) is 5.82 Å². The molecule has 0 aliphatic rings. The van der Waals surface area contributed by atoms with Crippen molar-refractivity contribution in [1.82, 2.24) is 5.43 Å². The van der Waals surface area contributed by atoms with Crippen LogP contribution in [-0.2, 0) is 4.79 Å². The van der Waals surface area contributed by atoms with Crippen molar-refractivity contribution in [2.45, 2.75) is 0 Å². The number of halogens is 4. The first-order valence-electron chi connectivity index (χ1n) is 9.98. The van der Waals surface area contributed by atoms with E-state index in [1.807, 2.05) is 12.1 Å². The smallest absolute Gasteiger partial charge is 0.307 e. The summed E-state index contributed by atoms with van der Waals surface area (Å²) in [4.78, 5) is 24.4. The van der Waals surface area contributed by atoms with Crippen LogP contribution < -0.4 is 15.5 Å². The Balaban J connectivity index is 1.32. The number of hydrazone groups is 1. The van der Waals surface area contributed by atoms with Gasteiger partial charge in [0.05, 0.1) is 15.2 Å². The van der Waals surface area contributed by atoms with E-state index in [0.29, 0.717) is 27.1 Å². The number of amides is 2. The van der Waals surface area contributed by atoms with Crippen molar-refractivity contribution in [3.05, 3.63) is 91.2 Å². The van der Waals surface area contributed by atoms with Gasteiger partial charge in [0.2, 0.25) is 0 Å². The molecular formula is C24H15Br3FN3O4. The van der Waals surface area contributed by atoms with E-state index < -0.39 is 5.91 Å². The molecule has 1 heterocycles. The number of ether oxygens (including phenoxy) is 1. The van der Waals surface area contributed by atoms with E-state index in [4.69, 9.17) is 9.15 Å². The predicted octanol–water partition coefficient (Wildman–Crippen LogP) is 6.64. The summed E-state index contributed by atoms with van der Waals surface area (Å²) in [5.41, 5.74) is 4.14. The first-order chi connectivity index (χ1) is 16.8. The Hall–Kier alpha value is -3.02. The number of benzene rings is 3. The standard InChI is InChI=1S/C24H15Br3FN3O4/c25-15-8-14-9-21(35-23(14)19(27)10-15)24(33)31-29-11-13-1-6-20(18(26)7-13)34-12-22(32)30-17-4-2-16(28)3-5-17/h1-11H,12H2,(H,30,32)(H,31,33)/b29-11-. The molecule has 2 N–H and O–H groups in total. The molecule has 0 spiro atoms. The molecule has 0 fully saturated rings. The van der Waals surface area contributed by atoms with E-state index in [9.17, 15) is 14.0 Å². The van der Waals surface area contributed by atoms with Gasteiger partial charge in [0.1, 0.15) is 17.1 Å². The molecule has 0 atom stereocenters. The quantitative estimate of drug-likeness (QED) is 0.171. The third-order valence-corrected chi connectivity index (χ3v) is 6.25. The largest absolute Gasteiger partial charge is 0.483 e. The lowest BCUT2D eigenvalue weighted by atomic mass is 10.2. The number of carbonyl (C=O) groups is 2. The molecule has 7 nitrogen and oxygen atoms in total. The molecule has 178 valence electrons. The van der Waals surface area contributed by atoms with Gasteiger partial charge < -0.3 is 14.5 Å². The molecule has 0 unspecified atom stereocenters. The Morgan fingerprint density at radius 3 is 2.51 bits per heavy atom. The third-order valence-electron chi connectivity index (χ3n) is 4.58. The van der Waals surface area contributed by atoms with Crippen LogP contribution in [-0.4, -0.2) is 24.6 Å². The number of hydrogen-bond acceptors (Lipinski definition) is 5. The topological polar surface area (TPSA) is 92.9 Å². The van der Waals surface area contributed by atoms with Gasteiger partial charge in [0, 0.05) is 15.5 Å². The maximum Gasteiger partial charge on any atom is 0.307 e. The van der Waals surface area contributed by atoms with E-state index >= 15 is 0 Å². The molecule has 4 rings (SSSR count). The summed E-state index contributed by atoms with van der Waals surface area (Å²) in [6, 6.07) is 15.8. The molecule has 0 radical (unpaired) electrons. The number of furan rings is 1. The van der Waals surface area contributed by atoms with Crippen LogP contribution in [0.4, 0.5) is 10.1 Å². The highest BCUT2D eigenvalue weighted by Gasteiger charge is 2.14. The zero-order chi connectivity index (χ0) is 24.9. The van der Waals surface area contributed by atoms with Crippen LogP contribution in [0.5, 0.6) is 5.75 Å². The summed E-state index contributed by atoms with van der Waals surface area (Å²) in [6.45, 7) is -0.232. The number of nitrogens with one attached hydrogen (secondary N) is 2. The van der Waals surface area contributed by atoms with E-state index in [2.05, 4.69) is 63.6 Å². The van der Waals surface area contributed by atoms with Gasteiger partial charge in [0.15, 0.2) is 12.4 Å². The Labute approximate surface area is 224 Å². The lowest BCUT2D eigenvalue weighted by molar-refractivity contribution is -0.118. The maximum absolute atomic E-state index is 13.0. The minimum atomic E-state index is -0.494. The van der Waals surface area contributed by atoms with Crippen LogP contribution in [0.1, 0.15) is 16.1 Å². The third kappa shape index (κ3) is 6.56. The van der Waals surface area contributed by atoms with Gasteiger partial charge in [-0.15, -0.1) is 0 Å². The summed E-state index contributed by atoms with van der Waals surface area (Å²) in [7, 11) is 0. The normalized spacial score (nSPS) is 11.1. The van der Waals surface area contributed by atoms with Gasteiger partial charge in [-0.25, -0.2) is 9.82 Å². The monoisotopic (exact) mass is 665 g/mol. The van der Waals surface area contributed by atoms with Gasteiger partial charge in [-0.05, 0) is 98.1 Å². The van der Waals surface area contributed by atoms with Crippen molar-refractivity contribution >= 4 is 82.5 Å². The number of nitrogens with zero attached hydrogens (tertiary/aromatic N) is 1. The molecule has 11 heteroatoms. The van der Waals surface area contributed by atoms with Crippen LogP contribution in [0.2, 0.25) is 0 Å². The predicted molar refractivity (Wildman–Crippen MR) is 141 cm³/mol. The van der Waals surface area contributed by atoms with E-state index in [1.165, 1.54) is 30.5 Å². The van der Waals surface area contributed by atoms with Crippen LogP contribution in [0.3, 0.4) is 0 Å². The highest BCUT2D eigenvalue weighted by molar-refractivity contribution is 9.11. The second-order valence-corrected chi connectivity index (χ2v) is 9.77. The van der Waals surface area contributed by atoms with Crippen molar-refractivity contribution in [3.63, 3.8) is 0 Å². The summed E-state index contributed by atoms with van der Waals surface area (Å²) in [6.07, 6.45) is 1.46. The lowest BCUT2D eigenvalue weighted by Crippen LogP contribution is -2.20. The van der Waals surface area contributed by atoms with Crippen molar-refractivity contribution < 1.29 is 23.1 Å². The molecule has 0 aliphatic heterocycles. The molecule has 4 aromatic rings. The Morgan fingerprint density at radius 1 is 1.00 bits per heavy atom. The Kier molecular flexibility index (Phi) is 7.99. The van der Waals surface area contributed by atoms with Crippen LogP contribution in [0.25, 0.3) is 11.0 Å². The molecule has 3 aromatic carbocycles. The first kappa shape index (κ1) is 25.1. The zero-order valence-electron chi connectivity index (χ0n) is 17.7. The fraction of sp³-hybridized carbons (Fsp3) is 0.0417. The van der Waals surface area contributed by atoms with Gasteiger partial charge in [-0.2, -0.15) is 5.10 Å². The van der Waals surface area contributed by atoms with Gasteiger partial charge in [0.25, 0.3) is 5.91 Å². The fourth-order valence-electron chi connectivity index (χ4n) is 3.00. The van der Waals surface area contributed by atoms with Gasteiger partial charge in [-0.1, -0.05) is 15.9 Å². The van der Waals surface area contributed by atoms with Crippen molar-refractivity contribution in [2.24, 2.45) is 5.10 Å². The number of hydrogen-bond donors (Lipinski definition) is 2. The second kappa shape index (κ2) is 11.1. The zero-order valence-corrected chi connectivity index (χ0v) is 22.4. The van der Waals surface area contributed by atoms with E-state index in [0.717, 1.165) is 14.3 Å². The second-order valence-electron chi connectivity index (χ2n) is 7.15. The molecule has 1 aromatic heterocycles. The average Bonchev–Trinajstić information content (AvgIpc) is 3.25. The number of fused-ring (bicyclic) bond motifs is 1. The Morgan fingerprint density at radius 2 is 1.77 bits per heavy atom. The molecule has 2 amide bonds. The van der Waals surface area contributed by atoms with E-state index in [-0.39, 0.29) is 24.1 Å². The molecule has 0 saturated heterocycles. The summed E-state index contributed by atoms with van der Waals surface area (Å²) in [5, 5.41) is 7.35.